The molecule has 2 heterocycles. The van der Waals surface area contributed by atoms with E-state index in [4.69, 9.17) is 9.47 Å². The van der Waals surface area contributed by atoms with Gasteiger partial charge in [-0.3, -0.25) is 9.78 Å². The Labute approximate surface area is 152 Å². The zero-order valence-corrected chi connectivity index (χ0v) is 15.6. The molecule has 0 atom stereocenters. The Hall–Kier alpha value is -2.64. The minimum absolute atomic E-state index is 0.190. The van der Waals surface area contributed by atoms with Crippen molar-refractivity contribution >= 4 is 23.7 Å². The number of esters is 1. The third-order valence-electron chi connectivity index (χ3n) is 4.00. The average Bonchev–Trinajstić information content (AvgIpc) is 2.60. The highest BCUT2D eigenvalue weighted by molar-refractivity contribution is 6.01. The number of pyridine rings is 1. The van der Waals surface area contributed by atoms with Crippen molar-refractivity contribution in [3.05, 3.63) is 24.0 Å². The van der Waals surface area contributed by atoms with Crippen molar-refractivity contribution in [2.24, 2.45) is 5.92 Å². The number of nitrogens with one attached hydrogen (secondary N) is 1. The molecule has 1 fully saturated rings. The lowest BCUT2D eigenvalue weighted by Gasteiger charge is -2.33. The Balaban J connectivity index is 1.93. The van der Waals surface area contributed by atoms with Gasteiger partial charge in [0.15, 0.2) is 0 Å². The summed E-state index contributed by atoms with van der Waals surface area (Å²) >= 11 is 0. The van der Waals surface area contributed by atoms with E-state index >= 15 is 0 Å². The van der Waals surface area contributed by atoms with E-state index in [1.807, 2.05) is 20.8 Å². The first-order valence-electron chi connectivity index (χ1n) is 8.52. The largest absolute Gasteiger partial charge is 0.465 e. The quantitative estimate of drug-likeness (QED) is 0.829. The molecule has 0 aromatic carbocycles. The van der Waals surface area contributed by atoms with Crippen LogP contribution in [-0.2, 0) is 14.3 Å². The highest BCUT2D eigenvalue weighted by Crippen LogP contribution is 2.22. The van der Waals surface area contributed by atoms with Gasteiger partial charge in [0.1, 0.15) is 11.2 Å². The minimum atomic E-state index is -0.562. The smallest absolute Gasteiger partial charge is 0.410 e. The van der Waals surface area contributed by atoms with Gasteiger partial charge in [0.25, 0.3) is 0 Å². The number of anilines is 1. The first kappa shape index (κ1) is 19.7. The van der Waals surface area contributed by atoms with Crippen molar-refractivity contribution in [1.29, 1.82) is 0 Å². The number of methoxy groups -OCH3 is 1. The molecule has 26 heavy (non-hydrogen) atoms. The van der Waals surface area contributed by atoms with Gasteiger partial charge in [-0.2, -0.15) is 0 Å². The molecular weight excluding hydrogens is 338 g/mol. The standard InChI is InChI=1S/C18H25N3O5/c1-18(2,3)26-17(24)21-9-6-12(7-10-21)15(22)20-14-5-8-19-11-13(14)16(23)25-4/h5,8,11-12H,6-7,9-10H2,1-4H3,(H,19,20,22). The van der Waals surface area contributed by atoms with Gasteiger partial charge < -0.3 is 19.7 Å². The van der Waals surface area contributed by atoms with Gasteiger partial charge in [-0.25, -0.2) is 9.59 Å². The van der Waals surface area contributed by atoms with Crippen LogP contribution in [0.4, 0.5) is 10.5 Å². The fraction of sp³-hybridized carbons (Fsp3) is 0.556. The van der Waals surface area contributed by atoms with E-state index in [1.165, 1.54) is 19.5 Å². The first-order valence-corrected chi connectivity index (χ1v) is 8.52. The van der Waals surface area contributed by atoms with E-state index in [9.17, 15) is 14.4 Å². The summed E-state index contributed by atoms with van der Waals surface area (Å²) in [6.45, 7) is 6.36. The summed E-state index contributed by atoms with van der Waals surface area (Å²) in [6, 6.07) is 1.56. The lowest BCUT2D eigenvalue weighted by molar-refractivity contribution is -0.121. The molecule has 0 unspecified atom stereocenters. The van der Waals surface area contributed by atoms with E-state index in [2.05, 4.69) is 10.3 Å². The third kappa shape index (κ3) is 5.18. The van der Waals surface area contributed by atoms with Crippen LogP contribution >= 0.6 is 0 Å². The predicted octanol–water partition coefficient (Wildman–Crippen LogP) is 2.45. The van der Waals surface area contributed by atoms with Crippen LogP contribution in [0.15, 0.2) is 18.5 Å². The lowest BCUT2D eigenvalue weighted by Crippen LogP contribution is -2.43. The molecule has 1 aliphatic rings. The fourth-order valence-electron chi connectivity index (χ4n) is 2.66. The average molecular weight is 363 g/mol. The molecular formula is C18H25N3O5. The lowest BCUT2D eigenvalue weighted by atomic mass is 9.96. The highest BCUT2D eigenvalue weighted by Gasteiger charge is 2.30. The van der Waals surface area contributed by atoms with Gasteiger partial charge in [-0.1, -0.05) is 0 Å². The van der Waals surface area contributed by atoms with Crippen LogP contribution in [0.5, 0.6) is 0 Å². The molecule has 0 spiro atoms. The van der Waals surface area contributed by atoms with Crippen LogP contribution in [0.1, 0.15) is 44.0 Å². The van der Waals surface area contributed by atoms with Crippen molar-refractivity contribution in [2.75, 3.05) is 25.5 Å². The monoisotopic (exact) mass is 363 g/mol. The number of aromatic nitrogens is 1. The summed E-state index contributed by atoms with van der Waals surface area (Å²) in [5, 5.41) is 2.76. The normalized spacial score (nSPS) is 15.3. The molecule has 8 nitrogen and oxygen atoms in total. The van der Waals surface area contributed by atoms with E-state index in [1.54, 1.807) is 11.0 Å². The molecule has 1 N–H and O–H groups in total. The SMILES string of the molecule is COC(=O)c1cnccc1NC(=O)C1CCN(C(=O)OC(C)(C)C)CC1. The number of carbonyl (C=O) groups excluding carboxylic acids is 3. The second kappa shape index (κ2) is 8.16. The molecule has 0 radical (unpaired) electrons. The third-order valence-corrected chi connectivity index (χ3v) is 4.00. The summed E-state index contributed by atoms with van der Waals surface area (Å²) in [7, 11) is 1.27. The number of ether oxygens (including phenoxy) is 2. The number of hydrogen-bond donors (Lipinski definition) is 1. The molecule has 8 heteroatoms. The van der Waals surface area contributed by atoms with Gasteiger partial charge in [0.05, 0.1) is 12.8 Å². The maximum absolute atomic E-state index is 12.5. The van der Waals surface area contributed by atoms with Crippen molar-refractivity contribution in [1.82, 2.24) is 9.88 Å². The van der Waals surface area contributed by atoms with Crippen LogP contribution in [0, 0.1) is 5.92 Å². The molecule has 0 bridgehead atoms. The van der Waals surface area contributed by atoms with E-state index in [0.29, 0.717) is 31.6 Å². The van der Waals surface area contributed by atoms with Gasteiger partial charge in [-0.05, 0) is 39.7 Å². The second-order valence-electron chi connectivity index (χ2n) is 7.14. The number of likely N-dealkylation sites (tertiary alicyclic amines) is 1. The van der Waals surface area contributed by atoms with Crippen LogP contribution in [0.3, 0.4) is 0 Å². The van der Waals surface area contributed by atoms with Crippen molar-refractivity contribution in [3.8, 4) is 0 Å². The maximum Gasteiger partial charge on any atom is 0.410 e. The molecule has 1 aromatic heterocycles. The number of carbonyl (C=O) groups is 3. The molecule has 1 aliphatic heterocycles. The summed E-state index contributed by atoms with van der Waals surface area (Å²) in [6.07, 6.45) is 3.55. The number of hydrogen-bond acceptors (Lipinski definition) is 6. The summed E-state index contributed by atoms with van der Waals surface area (Å²) in [5.74, 6) is -0.995. The molecule has 142 valence electrons. The van der Waals surface area contributed by atoms with Crippen LogP contribution < -0.4 is 5.32 Å². The highest BCUT2D eigenvalue weighted by atomic mass is 16.6. The van der Waals surface area contributed by atoms with Gasteiger partial charge in [-0.15, -0.1) is 0 Å². The number of nitrogens with zero attached hydrogens (tertiary/aromatic N) is 2. The van der Waals surface area contributed by atoms with E-state index in [0.717, 1.165) is 0 Å². The topological polar surface area (TPSA) is 97.8 Å². The Morgan fingerprint density at radius 1 is 1.23 bits per heavy atom. The fourth-order valence-corrected chi connectivity index (χ4v) is 2.66. The zero-order chi connectivity index (χ0) is 19.3. The summed E-state index contributed by atoms with van der Waals surface area (Å²) in [4.78, 5) is 41.8. The molecule has 1 saturated heterocycles. The predicted molar refractivity (Wildman–Crippen MR) is 94.7 cm³/mol. The van der Waals surface area contributed by atoms with Gasteiger partial charge in [0, 0.05) is 31.4 Å². The summed E-state index contributed by atoms with van der Waals surface area (Å²) < 4.78 is 10.0. The Morgan fingerprint density at radius 3 is 2.46 bits per heavy atom. The molecule has 1 aromatic rings. The minimum Gasteiger partial charge on any atom is -0.465 e. The van der Waals surface area contributed by atoms with Crippen molar-refractivity contribution < 1.29 is 23.9 Å². The Bertz CT molecular complexity index is 676. The van der Waals surface area contributed by atoms with Crippen molar-refractivity contribution in [2.45, 2.75) is 39.2 Å². The number of piperidine rings is 1. The summed E-state index contributed by atoms with van der Waals surface area (Å²) in [5.41, 5.74) is 0.0256. The van der Waals surface area contributed by atoms with Gasteiger partial charge >= 0.3 is 12.1 Å². The molecule has 0 aliphatic carbocycles. The van der Waals surface area contributed by atoms with Crippen LogP contribution in [-0.4, -0.2) is 53.7 Å². The molecule has 2 amide bonds. The first-order chi connectivity index (χ1) is 12.2. The number of amides is 2. The Kier molecular flexibility index (Phi) is 6.18. The van der Waals surface area contributed by atoms with E-state index < -0.39 is 11.6 Å². The zero-order valence-electron chi connectivity index (χ0n) is 15.6. The van der Waals surface area contributed by atoms with E-state index in [-0.39, 0.29) is 23.5 Å². The number of rotatable bonds is 3. The maximum atomic E-state index is 12.5. The van der Waals surface area contributed by atoms with Crippen LogP contribution in [0.25, 0.3) is 0 Å². The van der Waals surface area contributed by atoms with Crippen molar-refractivity contribution in [3.63, 3.8) is 0 Å². The van der Waals surface area contributed by atoms with Gasteiger partial charge in [0.2, 0.25) is 5.91 Å². The molecule has 0 saturated carbocycles. The van der Waals surface area contributed by atoms with Crippen LogP contribution in [0.2, 0.25) is 0 Å². The Morgan fingerprint density at radius 2 is 1.88 bits per heavy atom. The second-order valence-corrected chi connectivity index (χ2v) is 7.14. The molecule has 2 rings (SSSR count).